The van der Waals surface area contributed by atoms with Crippen LogP contribution in [0.3, 0.4) is 0 Å². The van der Waals surface area contributed by atoms with Gasteiger partial charge in [0.1, 0.15) is 5.82 Å². The minimum Gasteiger partial charge on any atom is -0.409 e. The maximum absolute atomic E-state index is 8.84. The predicted octanol–water partition coefficient (Wildman–Crippen LogP) is 0.460. The van der Waals surface area contributed by atoms with Crippen LogP contribution < -0.4 is 10.6 Å². The Hall–Kier alpha value is -1.82. The van der Waals surface area contributed by atoms with Gasteiger partial charge in [-0.1, -0.05) is 5.16 Å². The number of hydrogen-bond acceptors (Lipinski definition) is 5. The molecule has 6 nitrogen and oxygen atoms in total. The number of amidine groups is 1. The fourth-order valence-corrected chi connectivity index (χ4v) is 2.64. The summed E-state index contributed by atoms with van der Waals surface area (Å²) in [5.74, 6) is 0.931. The molecule has 3 N–H and O–H groups in total. The SMILES string of the molecule is N/C(=N/O)c1cccnc1N1CCN(C2CC2)CC1. The van der Waals surface area contributed by atoms with E-state index in [4.69, 9.17) is 10.9 Å². The monoisotopic (exact) mass is 261 g/mol. The van der Waals surface area contributed by atoms with Crippen LogP contribution in [-0.2, 0) is 0 Å². The van der Waals surface area contributed by atoms with Gasteiger partial charge in [0.25, 0.3) is 0 Å². The van der Waals surface area contributed by atoms with E-state index in [0.717, 1.165) is 38.0 Å². The normalized spacial score (nSPS) is 21.7. The average Bonchev–Trinajstić information content (AvgIpc) is 3.31. The maximum Gasteiger partial charge on any atom is 0.173 e. The zero-order valence-corrected chi connectivity index (χ0v) is 10.9. The largest absolute Gasteiger partial charge is 0.409 e. The molecule has 1 saturated heterocycles. The molecule has 1 saturated carbocycles. The topological polar surface area (TPSA) is 78.0 Å². The molecule has 0 bridgehead atoms. The van der Waals surface area contributed by atoms with E-state index >= 15 is 0 Å². The van der Waals surface area contributed by atoms with Crippen LogP contribution in [0.15, 0.2) is 23.5 Å². The third-order valence-electron chi connectivity index (χ3n) is 3.85. The lowest BCUT2D eigenvalue weighted by Gasteiger charge is -2.36. The molecule has 3 rings (SSSR count). The number of nitrogens with zero attached hydrogens (tertiary/aromatic N) is 4. The molecule has 19 heavy (non-hydrogen) atoms. The van der Waals surface area contributed by atoms with Crippen LogP contribution in [0.5, 0.6) is 0 Å². The molecule has 2 aliphatic rings. The maximum atomic E-state index is 8.84. The number of hydrogen-bond donors (Lipinski definition) is 2. The van der Waals surface area contributed by atoms with Gasteiger partial charge >= 0.3 is 0 Å². The van der Waals surface area contributed by atoms with E-state index in [1.165, 1.54) is 12.8 Å². The van der Waals surface area contributed by atoms with Crippen LogP contribution >= 0.6 is 0 Å². The van der Waals surface area contributed by atoms with Crippen LogP contribution in [-0.4, -0.2) is 53.1 Å². The molecule has 1 aliphatic heterocycles. The molecule has 0 spiro atoms. The third-order valence-corrected chi connectivity index (χ3v) is 3.85. The Balaban J connectivity index is 1.75. The molecule has 0 radical (unpaired) electrons. The number of nitrogens with two attached hydrogens (primary N) is 1. The van der Waals surface area contributed by atoms with Crippen molar-refractivity contribution < 1.29 is 5.21 Å². The van der Waals surface area contributed by atoms with E-state index in [2.05, 4.69) is 19.9 Å². The van der Waals surface area contributed by atoms with Gasteiger partial charge in [-0.25, -0.2) is 4.98 Å². The highest BCUT2D eigenvalue weighted by Gasteiger charge is 2.31. The first-order chi connectivity index (χ1) is 9.29. The summed E-state index contributed by atoms with van der Waals surface area (Å²) < 4.78 is 0. The number of pyridine rings is 1. The van der Waals surface area contributed by atoms with Crippen LogP contribution in [0.25, 0.3) is 0 Å². The molecule has 102 valence electrons. The summed E-state index contributed by atoms with van der Waals surface area (Å²) in [6.45, 7) is 4.02. The van der Waals surface area contributed by atoms with Crippen molar-refractivity contribution in [3.05, 3.63) is 23.9 Å². The lowest BCUT2D eigenvalue weighted by molar-refractivity contribution is 0.247. The van der Waals surface area contributed by atoms with E-state index in [9.17, 15) is 0 Å². The lowest BCUT2D eigenvalue weighted by Crippen LogP contribution is -2.48. The summed E-state index contributed by atoms with van der Waals surface area (Å²) in [4.78, 5) is 9.15. The molecule has 2 heterocycles. The van der Waals surface area contributed by atoms with E-state index in [1.54, 1.807) is 12.3 Å². The van der Waals surface area contributed by atoms with Crippen LogP contribution in [0.1, 0.15) is 18.4 Å². The zero-order chi connectivity index (χ0) is 13.2. The molecule has 0 aromatic carbocycles. The van der Waals surface area contributed by atoms with Crippen LogP contribution in [0.2, 0.25) is 0 Å². The Morgan fingerprint density at radius 3 is 2.68 bits per heavy atom. The van der Waals surface area contributed by atoms with Crippen LogP contribution in [0.4, 0.5) is 5.82 Å². The Morgan fingerprint density at radius 2 is 2.05 bits per heavy atom. The van der Waals surface area contributed by atoms with Crippen LogP contribution in [0, 0.1) is 0 Å². The first kappa shape index (κ1) is 12.2. The number of rotatable bonds is 3. The minimum atomic E-state index is 0.118. The number of oxime groups is 1. The van der Waals surface area contributed by atoms with Crippen molar-refractivity contribution in [3.8, 4) is 0 Å². The van der Waals surface area contributed by atoms with Crippen molar-refractivity contribution in [2.75, 3.05) is 31.1 Å². The Morgan fingerprint density at radius 1 is 1.32 bits per heavy atom. The quantitative estimate of drug-likeness (QED) is 0.358. The van der Waals surface area contributed by atoms with Gasteiger partial charge in [0.15, 0.2) is 5.84 Å². The molecular weight excluding hydrogens is 242 g/mol. The first-order valence-corrected chi connectivity index (χ1v) is 6.71. The summed E-state index contributed by atoms with van der Waals surface area (Å²) in [7, 11) is 0. The molecule has 0 unspecified atom stereocenters. The average molecular weight is 261 g/mol. The summed E-state index contributed by atoms with van der Waals surface area (Å²) >= 11 is 0. The first-order valence-electron chi connectivity index (χ1n) is 6.71. The minimum absolute atomic E-state index is 0.118. The highest BCUT2D eigenvalue weighted by Crippen LogP contribution is 2.28. The van der Waals surface area contributed by atoms with E-state index < -0.39 is 0 Å². The van der Waals surface area contributed by atoms with Gasteiger partial charge in [-0.05, 0) is 25.0 Å². The highest BCUT2D eigenvalue weighted by atomic mass is 16.4. The van der Waals surface area contributed by atoms with E-state index in [1.807, 2.05) is 6.07 Å². The summed E-state index contributed by atoms with van der Waals surface area (Å²) in [6, 6.07) is 4.46. The second-order valence-corrected chi connectivity index (χ2v) is 5.11. The Labute approximate surface area is 112 Å². The molecule has 1 aromatic heterocycles. The van der Waals surface area contributed by atoms with E-state index in [-0.39, 0.29) is 5.84 Å². The number of anilines is 1. The third kappa shape index (κ3) is 2.49. The predicted molar refractivity (Wildman–Crippen MR) is 73.6 cm³/mol. The van der Waals surface area contributed by atoms with Gasteiger partial charge in [-0.15, -0.1) is 0 Å². The molecular formula is C13H19N5O. The molecule has 1 aliphatic carbocycles. The van der Waals surface area contributed by atoms with Crippen molar-refractivity contribution in [1.29, 1.82) is 0 Å². The number of piperazine rings is 1. The van der Waals surface area contributed by atoms with Gasteiger partial charge in [-0.2, -0.15) is 0 Å². The zero-order valence-electron chi connectivity index (χ0n) is 10.9. The van der Waals surface area contributed by atoms with Crippen molar-refractivity contribution in [2.45, 2.75) is 18.9 Å². The summed E-state index contributed by atoms with van der Waals surface area (Å²) in [5.41, 5.74) is 6.41. The molecule has 2 fully saturated rings. The molecule has 6 heteroatoms. The smallest absolute Gasteiger partial charge is 0.173 e. The second kappa shape index (κ2) is 5.05. The second-order valence-electron chi connectivity index (χ2n) is 5.11. The van der Waals surface area contributed by atoms with Gasteiger partial charge < -0.3 is 15.8 Å². The van der Waals surface area contributed by atoms with Crippen molar-refractivity contribution >= 4 is 11.7 Å². The van der Waals surface area contributed by atoms with Crippen molar-refractivity contribution in [3.63, 3.8) is 0 Å². The van der Waals surface area contributed by atoms with Gasteiger partial charge in [0.2, 0.25) is 0 Å². The Bertz CT molecular complexity index is 478. The van der Waals surface area contributed by atoms with Gasteiger partial charge in [0, 0.05) is 38.4 Å². The molecule has 0 atom stereocenters. The van der Waals surface area contributed by atoms with Gasteiger partial charge in [-0.3, -0.25) is 4.90 Å². The number of aromatic nitrogens is 1. The summed E-state index contributed by atoms with van der Waals surface area (Å²) in [5, 5.41) is 11.9. The lowest BCUT2D eigenvalue weighted by atomic mass is 10.2. The fraction of sp³-hybridized carbons (Fsp3) is 0.538. The fourth-order valence-electron chi connectivity index (χ4n) is 2.64. The summed E-state index contributed by atoms with van der Waals surface area (Å²) in [6.07, 6.45) is 4.44. The van der Waals surface area contributed by atoms with Crippen molar-refractivity contribution in [1.82, 2.24) is 9.88 Å². The van der Waals surface area contributed by atoms with Gasteiger partial charge in [0.05, 0.1) is 5.56 Å². The molecule has 1 aromatic rings. The van der Waals surface area contributed by atoms with Crippen molar-refractivity contribution in [2.24, 2.45) is 10.9 Å². The highest BCUT2D eigenvalue weighted by molar-refractivity contribution is 6.01. The Kier molecular flexibility index (Phi) is 3.25. The standard InChI is InChI=1S/C13H19N5O/c14-12(16-19)11-2-1-5-15-13(11)18-8-6-17(7-9-18)10-3-4-10/h1-2,5,10,19H,3-4,6-9H2,(H2,14,16). The molecule has 0 amide bonds. The van der Waals surface area contributed by atoms with E-state index in [0.29, 0.717) is 5.56 Å².